The van der Waals surface area contributed by atoms with Crippen molar-refractivity contribution in [3.05, 3.63) is 228 Å². The third kappa shape index (κ3) is 4.98. The van der Waals surface area contributed by atoms with Crippen molar-refractivity contribution < 1.29 is 4.74 Å². The number of allylic oxidation sites excluding steroid dienone is 4. The molecule has 0 fully saturated rings. The molecule has 7 aromatic carbocycles. The van der Waals surface area contributed by atoms with Crippen molar-refractivity contribution in [1.82, 2.24) is 9.97 Å². The molecular weight excluding hydrogens is 681 g/mol. The quantitative estimate of drug-likeness (QED) is 0.178. The minimum atomic E-state index is -0.495. The van der Waals surface area contributed by atoms with Crippen LogP contribution in [-0.2, 0) is 5.41 Å². The van der Waals surface area contributed by atoms with Crippen LogP contribution >= 0.6 is 0 Å². The normalized spacial score (nSPS) is 15.4. The highest BCUT2D eigenvalue weighted by molar-refractivity contribution is 5.91. The fourth-order valence-electron chi connectivity index (χ4n) is 9.19. The maximum atomic E-state index is 6.96. The summed E-state index contributed by atoms with van der Waals surface area (Å²) in [5.41, 5.74) is 15.4. The van der Waals surface area contributed by atoms with Crippen LogP contribution in [0.5, 0.6) is 11.5 Å². The molecule has 1 aliphatic heterocycles. The van der Waals surface area contributed by atoms with Gasteiger partial charge in [0.15, 0.2) is 0 Å². The van der Waals surface area contributed by atoms with E-state index in [0.717, 1.165) is 74.1 Å². The molecule has 3 nitrogen and oxygen atoms in total. The molecule has 2 aliphatic carbocycles. The summed E-state index contributed by atoms with van der Waals surface area (Å²) >= 11 is 0. The molecule has 56 heavy (non-hydrogen) atoms. The lowest BCUT2D eigenvalue weighted by atomic mass is 9.65. The van der Waals surface area contributed by atoms with Crippen LogP contribution < -0.4 is 4.74 Å². The van der Waals surface area contributed by atoms with Crippen LogP contribution in [0.1, 0.15) is 40.4 Å². The number of benzene rings is 7. The number of aromatic nitrogens is 2. The van der Waals surface area contributed by atoms with Gasteiger partial charge in [-0.1, -0.05) is 188 Å². The first-order valence-corrected chi connectivity index (χ1v) is 19.4. The monoisotopic (exact) mass is 716 g/mol. The van der Waals surface area contributed by atoms with Gasteiger partial charge in [0.05, 0.1) is 16.8 Å². The second-order valence-corrected chi connectivity index (χ2v) is 14.8. The highest BCUT2D eigenvalue weighted by Gasteiger charge is 2.51. The van der Waals surface area contributed by atoms with E-state index in [-0.39, 0.29) is 5.92 Å². The van der Waals surface area contributed by atoms with E-state index in [2.05, 4.69) is 194 Å². The van der Waals surface area contributed by atoms with Crippen molar-refractivity contribution in [2.24, 2.45) is 0 Å². The summed E-state index contributed by atoms with van der Waals surface area (Å²) in [7, 11) is 0. The lowest BCUT2D eigenvalue weighted by Crippen LogP contribution is -2.32. The summed E-state index contributed by atoms with van der Waals surface area (Å²) in [6.45, 7) is 0. The summed E-state index contributed by atoms with van der Waals surface area (Å²) < 4.78 is 6.96. The maximum Gasteiger partial charge on any atom is 0.140 e. The fourth-order valence-corrected chi connectivity index (χ4v) is 9.19. The number of fused-ring (bicyclic) bond motifs is 9. The van der Waals surface area contributed by atoms with Gasteiger partial charge in [-0.05, 0) is 57.5 Å². The summed E-state index contributed by atoms with van der Waals surface area (Å²) in [6, 6.07) is 63.0. The second-order valence-electron chi connectivity index (χ2n) is 14.8. The molecule has 264 valence electrons. The number of rotatable bonds is 5. The minimum absolute atomic E-state index is 0.130. The van der Waals surface area contributed by atoms with Gasteiger partial charge >= 0.3 is 0 Å². The van der Waals surface area contributed by atoms with Crippen molar-refractivity contribution in [2.75, 3.05) is 0 Å². The van der Waals surface area contributed by atoms with Crippen LogP contribution in [0.2, 0.25) is 0 Å². The Morgan fingerprint density at radius 3 is 1.73 bits per heavy atom. The Bertz CT molecular complexity index is 2820. The lowest BCUT2D eigenvalue weighted by Gasteiger charge is -2.40. The molecule has 0 N–H and O–H groups in total. The average molecular weight is 717 g/mol. The van der Waals surface area contributed by atoms with E-state index < -0.39 is 5.41 Å². The predicted molar refractivity (Wildman–Crippen MR) is 227 cm³/mol. The zero-order valence-electron chi connectivity index (χ0n) is 30.6. The van der Waals surface area contributed by atoms with Crippen molar-refractivity contribution >= 4 is 0 Å². The maximum absolute atomic E-state index is 6.96. The Balaban J connectivity index is 1.03. The summed E-state index contributed by atoms with van der Waals surface area (Å²) in [6.07, 6.45) is 9.47. The summed E-state index contributed by atoms with van der Waals surface area (Å²) in [5.74, 6) is 2.76. The van der Waals surface area contributed by atoms with Gasteiger partial charge in [-0.25, -0.2) is 9.97 Å². The Hall–Kier alpha value is -7.10. The van der Waals surface area contributed by atoms with Crippen LogP contribution in [0.4, 0.5) is 0 Å². The zero-order chi connectivity index (χ0) is 37.1. The van der Waals surface area contributed by atoms with E-state index in [0.29, 0.717) is 0 Å². The first-order chi connectivity index (χ1) is 27.8. The van der Waals surface area contributed by atoms with Crippen LogP contribution in [0.15, 0.2) is 200 Å². The van der Waals surface area contributed by atoms with E-state index in [4.69, 9.17) is 14.7 Å². The standard InChI is InChI=1S/C53H36N2O/c1-3-16-37(17-4-1)48-34-49(55-52(54-48)38-18-5-2-6-19-38)43-23-8-7-20-39(43)35-30-32-36(33-31-35)40-24-15-28-47-51(40)56-50-29-14-13-27-46(50)53(47)44-25-11-9-21-41(44)42-22-10-12-26-45(42)53/h1-18,20-34,38H,19H2. The Kier molecular flexibility index (Phi) is 7.53. The molecule has 0 saturated carbocycles. The molecule has 3 heteroatoms. The van der Waals surface area contributed by atoms with Gasteiger partial charge in [-0.2, -0.15) is 0 Å². The third-order valence-corrected chi connectivity index (χ3v) is 11.7. The molecule has 0 amide bonds. The molecule has 1 spiro atoms. The number of ether oxygens (including phenoxy) is 1. The van der Waals surface area contributed by atoms with Crippen molar-refractivity contribution in [1.29, 1.82) is 0 Å². The van der Waals surface area contributed by atoms with Gasteiger partial charge in [-0.15, -0.1) is 0 Å². The molecule has 0 saturated heterocycles. The first-order valence-electron chi connectivity index (χ1n) is 19.4. The SMILES string of the molecule is C1=CCC(c2nc(-c3ccccc3)cc(-c3ccccc3-c3ccc(-c4cccc5c4Oc4ccccc4C54c5ccccc5-c5ccccc54)cc3)n2)C=C1. The minimum Gasteiger partial charge on any atom is -0.456 e. The van der Waals surface area contributed by atoms with Crippen molar-refractivity contribution in [3.63, 3.8) is 0 Å². The molecule has 0 radical (unpaired) electrons. The highest BCUT2D eigenvalue weighted by atomic mass is 16.5. The second kappa shape index (κ2) is 13.0. The number of hydrogen-bond donors (Lipinski definition) is 0. The van der Waals surface area contributed by atoms with E-state index in [1.807, 2.05) is 6.07 Å². The Morgan fingerprint density at radius 2 is 1.02 bits per heavy atom. The van der Waals surface area contributed by atoms with Crippen molar-refractivity contribution in [3.8, 4) is 67.4 Å². The molecule has 0 bridgehead atoms. The fraction of sp³-hybridized carbons (Fsp3) is 0.0566. The van der Waals surface area contributed by atoms with Crippen LogP contribution in [0, 0.1) is 0 Å². The summed E-state index contributed by atoms with van der Waals surface area (Å²) in [4.78, 5) is 10.3. The largest absolute Gasteiger partial charge is 0.456 e. The van der Waals surface area contributed by atoms with Crippen LogP contribution in [-0.4, -0.2) is 9.97 Å². The molecule has 1 unspecified atom stereocenters. The predicted octanol–water partition coefficient (Wildman–Crippen LogP) is 13.2. The molecule has 11 rings (SSSR count). The molecular formula is C53H36N2O. The molecule has 8 aromatic rings. The number of para-hydroxylation sites is 2. The van der Waals surface area contributed by atoms with E-state index >= 15 is 0 Å². The topological polar surface area (TPSA) is 35.0 Å². The van der Waals surface area contributed by atoms with Gasteiger partial charge in [0, 0.05) is 33.7 Å². The first kappa shape index (κ1) is 32.3. The number of hydrogen-bond acceptors (Lipinski definition) is 3. The summed E-state index contributed by atoms with van der Waals surface area (Å²) in [5, 5.41) is 0. The van der Waals surface area contributed by atoms with Gasteiger partial charge in [0.1, 0.15) is 17.3 Å². The molecule has 1 aromatic heterocycles. The van der Waals surface area contributed by atoms with Gasteiger partial charge in [0.25, 0.3) is 0 Å². The Morgan fingerprint density at radius 1 is 0.446 bits per heavy atom. The van der Waals surface area contributed by atoms with E-state index in [9.17, 15) is 0 Å². The van der Waals surface area contributed by atoms with E-state index in [1.165, 1.54) is 27.8 Å². The Labute approximate surface area is 327 Å². The number of nitrogens with zero attached hydrogens (tertiary/aromatic N) is 2. The molecule has 1 atom stereocenters. The highest BCUT2D eigenvalue weighted by Crippen LogP contribution is 2.63. The van der Waals surface area contributed by atoms with Gasteiger partial charge in [-0.3, -0.25) is 0 Å². The van der Waals surface area contributed by atoms with Crippen LogP contribution in [0.3, 0.4) is 0 Å². The smallest absolute Gasteiger partial charge is 0.140 e. The molecule has 2 heterocycles. The van der Waals surface area contributed by atoms with Gasteiger partial charge < -0.3 is 4.74 Å². The van der Waals surface area contributed by atoms with Gasteiger partial charge in [0.2, 0.25) is 0 Å². The molecule has 3 aliphatic rings. The van der Waals surface area contributed by atoms with E-state index in [1.54, 1.807) is 0 Å². The third-order valence-electron chi connectivity index (χ3n) is 11.7. The van der Waals surface area contributed by atoms with Crippen LogP contribution in [0.25, 0.3) is 55.9 Å². The lowest BCUT2D eigenvalue weighted by molar-refractivity contribution is 0.438. The van der Waals surface area contributed by atoms with Crippen molar-refractivity contribution in [2.45, 2.75) is 17.8 Å². The average Bonchev–Trinajstić information content (AvgIpc) is 3.57. The zero-order valence-corrected chi connectivity index (χ0v) is 30.6.